The van der Waals surface area contributed by atoms with Crippen molar-refractivity contribution in [2.24, 2.45) is 11.8 Å². The minimum absolute atomic E-state index is 0.00777. The molecule has 4 rings (SSSR count). The lowest BCUT2D eigenvalue weighted by Gasteiger charge is -2.24. The van der Waals surface area contributed by atoms with Gasteiger partial charge in [0.15, 0.2) is 6.67 Å². The molecule has 24 heavy (non-hydrogen) atoms. The monoisotopic (exact) mass is 329 g/mol. The van der Waals surface area contributed by atoms with Gasteiger partial charge in [0, 0.05) is 18.4 Å². The maximum absolute atomic E-state index is 13.1. The SMILES string of the molecule is O=C1[C@H]2CC=CC[C@@H]2C(=O)N1C[NH+](Cc1ccc(F)cc1)C1CC1. The molecule has 3 aliphatic rings. The summed E-state index contributed by atoms with van der Waals surface area (Å²) in [5.74, 6) is -0.575. The van der Waals surface area contributed by atoms with Gasteiger partial charge in [-0.3, -0.25) is 9.59 Å². The summed E-state index contributed by atoms with van der Waals surface area (Å²) in [6, 6.07) is 7.00. The first-order valence-electron chi connectivity index (χ1n) is 8.72. The molecule has 126 valence electrons. The van der Waals surface area contributed by atoms with Gasteiger partial charge in [-0.1, -0.05) is 24.3 Å². The van der Waals surface area contributed by atoms with E-state index in [1.807, 2.05) is 12.2 Å². The second-order valence-corrected chi connectivity index (χ2v) is 7.15. The number of quaternary nitrogens is 1. The zero-order valence-electron chi connectivity index (χ0n) is 13.6. The molecule has 2 fully saturated rings. The van der Waals surface area contributed by atoms with Gasteiger partial charge in [0.2, 0.25) is 11.8 Å². The fourth-order valence-electron chi connectivity index (χ4n) is 3.91. The number of carbonyl (C=O) groups excluding carboxylic acids is 2. The highest BCUT2D eigenvalue weighted by Crippen LogP contribution is 2.34. The first-order valence-corrected chi connectivity index (χ1v) is 8.72. The van der Waals surface area contributed by atoms with E-state index in [0.717, 1.165) is 24.9 Å². The molecule has 2 amide bonds. The highest BCUT2D eigenvalue weighted by molar-refractivity contribution is 6.05. The van der Waals surface area contributed by atoms with Gasteiger partial charge in [0.25, 0.3) is 0 Å². The van der Waals surface area contributed by atoms with Gasteiger partial charge in [0.1, 0.15) is 12.4 Å². The van der Waals surface area contributed by atoms with E-state index in [1.165, 1.54) is 21.9 Å². The molecule has 3 atom stereocenters. The van der Waals surface area contributed by atoms with Crippen molar-refractivity contribution in [2.45, 2.75) is 38.3 Å². The van der Waals surface area contributed by atoms with Gasteiger partial charge in [-0.2, -0.15) is 0 Å². The number of nitrogens with zero attached hydrogens (tertiary/aromatic N) is 1. The molecular weight excluding hydrogens is 307 g/mol. The number of allylic oxidation sites excluding steroid dienone is 2. The van der Waals surface area contributed by atoms with Crippen LogP contribution in [0.15, 0.2) is 36.4 Å². The number of benzene rings is 1. The molecule has 1 aromatic carbocycles. The molecule has 0 radical (unpaired) electrons. The molecular formula is C19H22FN2O2+. The molecule has 1 aliphatic heterocycles. The highest BCUT2D eigenvalue weighted by atomic mass is 19.1. The minimum Gasteiger partial charge on any atom is -0.311 e. The number of amides is 2. The summed E-state index contributed by atoms with van der Waals surface area (Å²) in [7, 11) is 0. The Balaban J connectivity index is 1.48. The van der Waals surface area contributed by atoms with Crippen LogP contribution in [-0.4, -0.2) is 29.4 Å². The molecule has 1 heterocycles. The summed E-state index contributed by atoms with van der Waals surface area (Å²) in [4.78, 5) is 28.0. The Labute approximate surface area is 140 Å². The van der Waals surface area contributed by atoms with Crippen LogP contribution < -0.4 is 4.90 Å². The number of rotatable bonds is 5. The second-order valence-electron chi connectivity index (χ2n) is 7.15. The second kappa shape index (κ2) is 6.13. The van der Waals surface area contributed by atoms with Crippen LogP contribution in [0.25, 0.3) is 0 Å². The van der Waals surface area contributed by atoms with Crippen LogP contribution in [0, 0.1) is 17.7 Å². The topological polar surface area (TPSA) is 41.8 Å². The van der Waals surface area contributed by atoms with Crippen LogP contribution in [0.2, 0.25) is 0 Å². The van der Waals surface area contributed by atoms with Gasteiger partial charge in [-0.25, -0.2) is 9.29 Å². The standard InChI is InChI=1S/C19H21FN2O2/c20-14-7-5-13(6-8-14)11-21(15-9-10-15)12-22-18(23)16-3-1-2-4-17(16)19(22)24/h1-2,5-8,15-17H,3-4,9-12H2/p+1/t16-,17-/m0/s1. The lowest BCUT2D eigenvalue weighted by molar-refractivity contribution is -0.932. The summed E-state index contributed by atoms with van der Waals surface area (Å²) in [6.45, 7) is 1.16. The normalized spacial score (nSPS) is 27.5. The molecule has 1 aromatic rings. The maximum Gasteiger partial charge on any atom is 0.237 e. The van der Waals surface area contributed by atoms with Crippen molar-refractivity contribution in [1.82, 2.24) is 4.90 Å². The Morgan fingerprint density at radius 2 is 1.58 bits per heavy atom. The number of imide groups is 1. The summed E-state index contributed by atoms with van der Waals surface area (Å²) >= 11 is 0. The summed E-state index contributed by atoms with van der Waals surface area (Å²) < 4.78 is 13.1. The summed E-state index contributed by atoms with van der Waals surface area (Å²) in [5, 5.41) is 0. The van der Waals surface area contributed by atoms with Crippen molar-refractivity contribution in [3.63, 3.8) is 0 Å². The average molecular weight is 329 g/mol. The number of nitrogens with one attached hydrogen (secondary N) is 1. The van der Waals surface area contributed by atoms with Crippen molar-refractivity contribution < 1.29 is 18.9 Å². The molecule has 1 unspecified atom stereocenters. The number of carbonyl (C=O) groups is 2. The first kappa shape index (κ1) is 15.5. The Hall–Kier alpha value is -2.01. The van der Waals surface area contributed by atoms with Gasteiger partial charge in [-0.15, -0.1) is 0 Å². The third-order valence-corrected chi connectivity index (χ3v) is 5.46. The average Bonchev–Trinajstić information content (AvgIpc) is 3.41. The lowest BCUT2D eigenvalue weighted by atomic mass is 9.85. The molecule has 0 bridgehead atoms. The van der Waals surface area contributed by atoms with Crippen molar-refractivity contribution >= 4 is 11.8 Å². The van der Waals surface area contributed by atoms with Crippen molar-refractivity contribution in [3.8, 4) is 0 Å². The molecule has 1 saturated carbocycles. The van der Waals surface area contributed by atoms with E-state index in [-0.39, 0.29) is 29.5 Å². The van der Waals surface area contributed by atoms with Crippen LogP contribution in [-0.2, 0) is 16.1 Å². The number of hydrogen-bond acceptors (Lipinski definition) is 2. The van der Waals surface area contributed by atoms with E-state index in [4.69, 9.17) is 0 Å². The van der Waals surface area contributed by atoms with Crippen molar-refractivity contribution in [2.75, 3.05) is 6.67 Å². The van der Waals surface area contributed by atoms with Crippen molar-refractivity contribution in [1.29, 1.82) is 0 Å². The van der Waals surface area contributed by atoms with E-state index in [2.05, 4.69) is 0 Å². The number of fused-ring (bicyclic) bond motifs is 1. The Bertz CT molecular complexity index is 655. The fourth-order valence-corrected chi connectivity index (χ4v) is 3.91. The van der Waals surface area contributed by atoms with Gasteiger partial charge >= 0.3 is 0 Å². The molecule has 4 nitrogen and oxygen atoms in total. The first-order chi connectivity index (χ1) is 11.6. The van der Waals surface area contributed by atoms with Crippen LogP contribution in [0.3, 0.4) is 0 Å². The largest absolute Gasteiger partial charge is 0.311 e. The number of likely N-dealkylation sites (tertiary alicyclic amines) is 1. The van der Waals surface area contributed by atoms with Crippen LogP contribution in [0.4, 0.5) is 4.39 Å². The number of hydrogen-bond donors (Lipinski definition) is 1. The quantitative estimate of drug-likeness (QED) is 0.653. The van der Waals surface area contributed by atoms with Crippen LogP contribution in [0.5, 0.6) is 0 Å². The fraction of sp³-hybridized carbons (Fsp3) is 0.474. The molecule has 0 spiro atoms. The zero-order valence-corrected chi connectivity index (χ0v) is 13.6. The summed E-state index contributed by atoms with van der Waals surface area (Å²) in [5.41, 5.74) is 1.04. The summed E-state index contributed by atoms with van der Waals surface area (Å²) in [6.07, 6.45) is 7.65. The third-order valence-electron chi connectivity index (χ3n) is 5.46. The van der Waals surface area contributed by atoms with E-state index in [9.17, 15) is 14.0 Å². The lowest BCUT2D eigenvalue weighted by Crippen LogP contribution is -3.13. The van der Waals surface area contributed by atoms with Gasteiger partial charge in [-0.05, 0) is 25.0 Å². The van der Waals surface area contributed by atoms with Crippen LogP contribution >= 0.6 is 0 Å². The highest BCUT2D eigenvalue weighted by Gasteiger charge is 2.49. The van der Waals surface area contributed by atoms with E-state index >= 15 is 0 Å². The molecule has 0 aromatic heterocycles. The van der Waals surface area contributed by atoms with E-state index in [1.54, 1.807) is 12.1 Å². The van der Waals surface area contributed by atoms with Gasteiger partial charge in [0.05, 0.1) is 17.9 Å². The van der Waals surface area contributed by atoms with E-state index < -0.39 is 0 Å². The van der Waals surface area contributed by atoms with E-state index in [0.29, 0.717) is 25.6 Å². The Morgan fingerprint density at radius 3 is 2.12 bits per heavy atom. The van der Waals surface area contributed by atoms with Gasteiger partial charge < -0.3 is 4.90 Å². The minimum atomic E-state index is -0.242. The molecule has 5 heteroatoms. The molecule has 1 saturated heterocycles. The van der Waals surface area contributed by atoms with Crippen molar-refractivity contribution in [3.05, 3.63) is 47.8 Å². The zero-order chi connectivity index (χ0) is 16.7. The predicted octanol–water partition coefficient (Wildman–Crippen LogP) is 1.28. The third kappa shape index (κ3) is 2.88. The van der Waals surface area contributed by atoms with Crippen LogP contribution in [0.1, 0.15) is 31.2 Å². The predicted molar refractivity (Wildman–Crippen MR) is 86.2 cm³/mol. The Kier molecular flexibility index (Phi) is 3.96. The molecule has 2 aliphatic carbocycles. The smallest absolute Gasteiger partial charge is 0.237 e. The maximum atomic E-state index is 13.1. The number of halogens is 1. The Morgan fingerprint density at radius 1 is 1.00 bits per heavy atom. The molecule has 1 N–H and O–H groups in total.